The molecule has 0 aliphatic carbocycles. The second-order valence-electron chi connectivity index (χ2n) is 6.15. The summed E-state index contributed by atoms with van der Waals surface area (Å²) in [5.74, 6) is 0.986. The van der Waals surface area contributed by atoms with Gasteiger partial charge in [0.25, 0.3) is 0 Å². The average Bonchev–Trinajstić information content (AvgIpc) is 3.11. The van der Waals surface area contributed by atoms with E-state index in [1.54, 1.807) is 16.8 Å². The van der Waals surface area contributed by atoms with Gasteiger partial charge in [-0.25, -0.2) is 4.68 Å². The van der Waals surface area contributed by atoms with Crippen LogP contribution in [-0.2, 0) is 11.4 Å². The molecular formula is C18H12Br2Cl2N4O2. The molecule has 1 aromatic heterocycles. The van der Waals surface area contributed by atoms with E-state index in [2.05, 4.69) is 47.3 Å². The number of rotatable bonds is 4. The van der Waals surface area contributed by atoms with Gasteiger partial charge in [-0.15, -0.1) is 0 Å². The number of benzene rings is 2. The van der Waals surface area contributed by atoms with E-state index >= 15 is 0 Å². The van der Waals surface area contributed by atoms with Crippen molar-refractivity contribution in [1.82, 2.24) is 14.8 Å². The Morgan fingerprint density at radius 1 is 1.18 bits per heavy atom. The molecule has 3 aromatic rings. The molecule has 0 unspecified atom stereocenters. The van der Waals surface area contributed by atoms with Crippen molar-refractivity contribution in [3.63, 3.8) is 0 Å². The minimum absolute atomic E-state index is 0.0994. The number of carbonyl (C=O) groups excluding carboxylic acids is 1. The van der Waals surface area contributed by atoms with Crippen LogP contribution in [-0.4, -0.2) is 20.7 Å². The van der Waals surface area contributed by atoms with Crippen molar-refractivity contribution in [3.8, 4) is 5.75 Å². The molecule has 0 saturated heterocycles. The molecule has 0 radical (unpaired) electrons. The maximum atomic E-state index is 12.0. The van der Waals surface area contributed by atoms with Crippen molar-refractivity contribution in [1.29, 1.82) is 0 Å². The van der Waals surface area contributed by atoms with Crippen LogP contribution in [0.2, 0.25) is 10.0 Å². The molecule has 0 saturated carbocycles. The molecule has 2 aromatic carbocycles. The lowest BCUT2D eigenvalue weighted by molar-refractivity contribution is -0.117. The van der Waals surface area contributed by atoms with Crippen LogP contribution in [0.25, 0.3) is 0 Å². The van der Waals surface area contributed by atoms with Crippen molar-refractivity contribution >= 4 is 66.9 Å². The minimum atomic E-state index is -0.247. The molecule has 28 heavy (non-hydrogen) atoms. The fraction of sp³-hybridized carbons (Fsp3) is 0.167. The van der Waals surface area contributed by atoms with Gasteiger partial charge in [0.2, 0.25) is 11.9 Å². The summed E-state index contributed by atoms with van der Waals surface area (Å²) < 4.78 is 9.17. The van der Waals surface area contributed by atoms with Gasteiger partial charge in [-0.1, -0.05) is 29.3 Å². The zero-order valence-corrected chi connectivity index (χ0v) is 18.8. The van der Waals surface area contributed by atoms with E-state index in [9.17, 15) is 4.79 Å². The molecule has 144 valence electrons. The quantitative estimate of drug-likeness (QED) is 0.461. The predicted octanol–water partition coefficient (Wildman–Crippen LogP) is 5.62. The van der Waals surface area contributed by atoms with Gasteiger partial charge in [-0.3, -0.25) is 10.1 Å². The summed E-state index contributed by atoms with van der Waals surface area (Å²) in [4.78, 5) is 16.1. The van der Waals surface area contributed by atoms with Gasteiger partial charge in [0.05, 0.1) is 31.5 Å². The highest BCUT2D eigenvalue weighted by atomic mass is 79.9. The van der Waals surface area contributed by atoms with Gasteiger partial charge >= 0.3 is 0 Å². The number of aromatic nitrogens is 3. The third-order valence-corrected chi connectivity index (χ3v) is 6.19. The lowest BCUT2D eigenvalue weighted by Gasteiger charge is -2.24. The van der Waals surface area contributed by atoms with E-state index in [1.165, 1.54) is 6.33 Å². The van der Waals surface area contributed by atoms with Crippen LogP contribution in [0, 0.1) is 0 Å². The number of nitrogens with one attached hydrogen (secondary N) is 1. The fourth-order valence-corrected chi connectivity index (χ4v) is 4.73. The number of amides is 1. The maximum absolute atomic E-state index is 12.0. The van der Waals surface area contributed by atoms with Crippen LogP contribution >= 0.6 is 55.1 Å². The van der Waals surface area contributed by atoms with Gasteiger partial charge in [0.15, 0.2) is 0 Å². The molecule has 2 heterocycles. The highest BCUT2D eigenvalue weighted by Crippen LogP contribution is 2.39. The van der Waals surface area contributed by atoms with Crippen molar-refractivity contribution in [2.75, 3.05) is 5.32 Å². The van der Waals surface area contributed by atoms with Crippen molar-refractivity contribution in [2.45, 2.75) is 19.1 Å². The normalized spacial score (nSPS) is 15.9. The van der Waals surface area contributed by atoms with Gasteiger partial charge in [-0.05, 0) is 67.3 Å². The van der Waals surface area contributed by atoms with Crippen LogP contribution in [0.5, 0.6) is 5.75 Å². The SMILES string of the molecule is O=C1C[C@H](c2cc(Br)c(OCc3ccc(Cl)c(Cl)c3)c(Br)c2)n2ncnc2N1. The minimum Gasteiger partial charge on any atom is -0.487 e. The molecule has 4 rings (SSSR count). The number of ether oxygens (including phenoxy) is 1. The molecule has 1 N–H and O–H groups in total. The number of hydrogen-bond donors (Lipinski definition) is 1. The Bertz CT molecular complexity index is 1050. The Morgan fingerprint density at radius 3 is 2.64 bits per heavy atom. The summed E-state index contributed by atoms with van der Waals surface area (Å²) in [5.41, 5.74) is 1.80. The smallest absolute Gasteiger partial charge is 0.229 e. The largest absolute Gasteiger partial charge is 0.487 e. The van der Waals surface area contributed by atoms with E-state index in [-0.39, 0.29) is 18.4 Å². The van der Waals surface area contributed by atoms with E-state index < -0.39 is 0 Å². The van der Waals surface area contributed by atoms with Crippen LogP contribution < -0.4 is 10.1 Å². The van der Waals surface area contributed by atoms with Crippen LogP contribution in [0.3, 0.4) is 0 Å². The van der Waals surface area contributed by atoms with Crippen LogP contribution in [0.1, 0.15) is 23.6 Å². The zero-order valence-electron chi connectivity index (χ0n) is 14.1. The Kier molecular flexibility index (Phi) is 5.64. The average molecular weight is 547 g/mol. The number of halogens is 4. The third kappa shape index (κ3) is 3.91. The maximum Gasteiger partial charge on any atom is 0.229 e. The lowest BCUT2D eigenvalue weighted by Crippen LogP contribution is -2.29. The standard InChI is InChI=1S/C18H12Br2Cl2N4O2/c19-11-4-10(15-6-16(27)25-18-23-8-24-26(15)18)5-12(20)17(11)28-7-9-1-2-13(21)14(22)3-9/h1-5,8,15H,6-7H2,(H,23,24,25,27)/t15-/m1/s1. The van der Waals surface area contributed by atoms with Crippen molar-refractivity contribution in [2.24, 2.45) is 0 Å². The highest BCUT2D eigenvalue weighted by Gasteiger charge is 2.28. The second kappa shape index (κ2) is 8.02. The van der Waals surface area contributed by atoms with E-state index in [0.717, 1.165) is 20.1 Å². The Balaban J connectivity index is 1.59. The number of anilines is 1. The molecule has 10 heteroatoms. The van der Waals surface area contributed by atoms with Crippen LogP contribution in [0.4, 0.5) is 5.95 Å². The highest BCUT2D eigenvalue weighted by molar-refractivity contribution is 9.11. The Morgan fingerprint density at radius 2 is 1.93 bits per heavy atom. The van der Waals surface area contributed by atoms with E-state index in [4.69, 9.17) is 27.9 Å². The first-order valence-corrected chi connectivity index (χ1v) is 10.5. The summed E-state index contributed by atoms with van der Waals surface area (Å²) in [6, 6.07) is 8.96. The Labute approximate surface area is 187 Å². The first-order valence-electron chi connectivity index (χ1n) is 8.17. The first-order chi connectivity index (χ1) is 13.4. The molecule has 1 atom stereocenters. The number of nitrogens with zero attached hydrogens (tertiary/aromatic N) is 3. The van der Waals surface area contributed by atoms with Gasteiger partial charge < -0.3 is 4.74 Å². The molecule has 0 fully saturated rings. The topological polar surface area (TPSA) is 69.0 Å². The van der Waals surface area contributed by atoms with Crippen LogP contribution in [0.15, 0.2) is 45.6 Å². The third-order valence-electron chi connectivity index (χ3n) is 4.27. The summed E-state index contributed by atoms with van der Waals surface area (Å²) >= 11 is 19.1. The molecule has 1 aliphatic rings. The first kappa shape index (κ1) is 19.7. The van der Waals surface area contributed by atoms with Crippen molar-refractivity contribution < 1.29 is 9.53 Å². The summed E-state index contributed by atoms with van der Waals surface area (Å²) in [7, 11) is 0. The van der Waals surface area contributed by atoms with Gasteiger partial charge in [0, 0.05) is 0 Å². The van der Waals surface area contributed by atoms with E-state index in [0.29, 0.717) is 28.3 Å². The predicted molar refractivity (Wildman–Crippen MR) is 114 cm³/mol. The van der Waals surface area contributed by atoms with Gasteiger partial charge in [0.1, 0.15) is 18.7 Å². The zero-order chi connectivity index (χ0) is 19.8. The molecule has 1 aliphatic heterocycles. The second-order valence-corrected chi connectivity index (χ2v) is 8.67. The van der Waals surface area contributed by atoms with E-state index in [1.807, 2.05) is 18.2 Å². The molecular weight excluding hydrogens is 535 g/mol. The van der Waals surface area contributed by atoms with Gasteiger partial charge in [-0.2, -0.15) is 10.1 Å². The Hall–Kier alpha value is -1.61. The number of carbonyl (C=O) groups is 1. The summed E-state index contributed by atoms with van der Waals surface area (Å²) in [6.45, 7) is 0.326. The van der Waals surface area contributed by atoms with Crippen molar-refractivity contribution in [3.05, 3.63) is 66.8 Å². The molecule has 0 bridgehead atoms. The fourth-order valence-electron chi connectivity index (χ4n) is 2.96. The summed E-state index contributed by atoms with van der Waals surface area (Å²) in [6.07, 6.45) is 1.70. The molecule has 6 nitrogen and oxygen atoms in total. The molecule has 0 spiro atoms. The monoisotopic (exact) mass is 544 g/mol. The number of hydrogen-bond acceptors (Lipinski definition) is 4. The summed E-state index contributed by atoms with van der Waals surface area (Å²) in [5, 5.41) is 7.92. The lowest BCUT2D eigenvalue weighted by atomic mass is 10.0. The number of fused-ring (bicyclic) bond motifs is 1. The molecule has 1 amide bonds.